The Morgan fingerprint density at radius 2 is 1.96 bits per heavy atom. The molecule has 0 radical (unpaired) electrons. The molecular weight excluding hydrogens is 319 g/mol. The number of pyridine rings is 1. The van der Waals surface area contributed by atoms with Gasteiger partial charge in [-0.1, -0.05) is 6.07 Å². The van der Waals surface area contributed by atoms with Gasteiger partial charge in [0.2, 0.25) is 0 Å². The molecule has 2 rings (SSSR count). The summed E-state index contributed by atoms with van der Waals surface area (Å²) in [4.78, 5) is 15.8. The van der Waals surface area contributed by atoms with Crippen LogP contribution in [-0.2, 0) is 9.84 Å². The van der Waals surface area contributed by atoms with Gasteiger partial charge < -0.3 is 5.32 Å². The first-order valence-corrected chi connectivity index (χ1v) is 8.80. The fourth-order valence-corrected chi connectivity index (χ4v) is 2.78. The summed E-state index contributed by atoms with van der Waals surface area (Å²) in [6.45, 7) is 3.50. The average Bonchev–Trinajstić information content (AvgIpc) is 2.46. The molecule has 1 atom stereocenters. The third kappa shape index (κ3) is 4.13. The van der Waals surface area contributed by atoms with E-state index < -0.39 is 21.7 Å². The largest absolute Gasteiger partial charge is 0.345 e. The lowest BCUT2D eigenvalue weighted by Crippen LogP contribution is -2.26. The van der Waals surface area contributed by atoms with E-state index in [1.165, 1.54) is 18.3 Å². The highest BCUT2D eigenvalue weighted by Gasteiger charge is 2.17. The van der Waals surface area contributed by atoms with Crippen LogP contribution in [0.3, 0.4) is 0 Å². The van der Waals surface area contributed by atoms with Crippen molar-refractivity contribution >= 4 is 15.7 Å². The second-order valence-corrected chi connectivity index (χ2v) is 7.33. The lowest BCUT2D eigenvalue weighted by atomic mass is 10.1. The van der Waals surface area contributed by atoms with Gasteiger partial charge in [0.05, 0.1) is 11.6 Å². The Hall–Kier alpha value is -2.28. The number of hydrogen-bond acceptors (Lipinski definition) is 4. The number of aromatic nitrogens is 1. The van der Waals surface area contributed by atoms with E-state index >= 15 is 0 Å². The molecule has 0 fully saturated rings. The Morgan fingerprint density at radius 1 is 1.26 bits per heavy atom. The topological polar surface area (TPSA) is 76.1 Å². The van der Waals surface area contributed by atoms with E-state index in [1.807, 2.05) is 6.92 Å². The van der Waals surface area contributed by atoms with Gasteiger partial charge >= 0.3 is 0 Å². The molecule has 2 aromatic rings. The Bertz CT molecular complexity index is 833. The smallest absolute Gasteiger partial charge is 0.253 e. The van der Waals surface area contributed by atoms with Crippen LogP contribution in [0, 0.1) is 12.7 Å². The van der Waals surface area contributed by atoms with Crippen molar-refractivity contribution in [3.8, 4) is 0 Å². The molecule has 0 saturated carbocycles. The van der Waals surface area contributed by atoms with Gasteiger partial charge in [0.15, 0.2) is 9.84 Å². The quantitative estimate of drug-likeness (QED) is 0.930. The molecule has 1 heterocycles. The number of carbonyl (C=O) groups is 1. The van der Waals surface area contributed by atoms with Crippen LogP contribution in [0.15, 0.2) is 41.4 Å². The highest BCUT2D eigenvalue weighted by atomic mass is 32.2. The van der Waals surface area contributed by atoms with Gasteiger partial charge in [0, 0.05) is 18.1 Å². The van der Waals surface area contributed by atoms with Gasteiger partial charge in [-0.2, -0.15) is 0 Å². The van der Waals surface area contributed by atoms with Crippen molar-refractivity contribution < 1.29 is 17.6 Å². The summed E-state index contributed by atoms with van der Waals surface area (Å²) in [5.41, 5.74) is 1.67. The molecule has 122 valence electrons. The summed E-state index contributed by atoms with van der Waals surface area (Å²) in [5, 5.41) is 2.72. The third-order valence-corrected chi connectivity index (χ3v) is 4.51. The van der Waals surface area contributed by atoms with E-state index in [4.69, 9.17) is 0 Å². The first kappa shape index (κ1) is 17.1. The number of benzene rings is 1. The van der Waals surface area contributed by atoms with E-state index in [0.717, 1.165) is 18.0 Å². The van der Waals surface area contributed by atoms with Crippen molar-refractivity contribution in [3.05, 3.63) is 59.2 Å². The van der Waals surface area contributed by atoms with E-state index in [1.54, 1.807) is 19.1 Å². The molecule has 0 aliphatic heterocycles. The molecule has 5 nitrogen and oxygen atoms in total. The van der Waals surface area contributed by atoms with Crippen LogP contribution >= 0.6 is 0 Å². The molecule has 1 N–H and O–H groups in total. The summed E-state index contributed by atoms with van der Waals surface area (Å²) >= 11 is 0. The monoisotopic (exact) mass is 336 g/mol. The zero-order chi connectivity index (χ0) is 17.2. The van der Waals surface area contributed by atoms with Gasteiger partial charge in [-0.05, 0) is 43.7 Å². The number of carbonyl (C=O) groups excluding carboxylic acids is 1. The first-order valence-electron chi connectivity index (χ1n) is 6.91. The van der Waals surface area contributed by atoms with Crippen molar-refractivity contribution in [2.45, 2.75) is 24.8 Å². The van der Waals surface area contributed by atoms with Crippen LogP contribution in [0.5, 0.6) is 0 Å². The minimum Gasteiger partial charge on any atom is -0.345 e. The predicted octanol–water partition coefficient (Wildman–Crippen LogP) is 2.42. The molecule has 0 aliphatic rings. The number of hydrogen-bond donors (Lipinski definition) is 1. The summed E-state index contributed by atoms with van der Waals surface area (Å²) in [7, 11) is -3.62. The molecule has 7 heteroatoms. The number of sulfone groups is 1. The maximum absolute atomic E-state index is 13.9. The Labute approximate surface area is 134 Å². The molecule has 1 amide bonds. The highest BCUT2D eigenvalue weighted by molar-refractivity contribution is 7.90. The summed E-state index contributed by atoms with van der Waals surface area (Å²) in [6, 6.07) is 6.70. The zero-order valence-corrected chi connectivity index (χ0v) is 13.8. The molecule has 0 bridgehead atoms. The summed E-state index contributed by atoms with van der Waals surface area (Å²) in [5.74, 6) is -1.17. The fourth-order valence-electron chi connectivity index (χ4n) is 2.05. The van der Waals surface area contributed by atoms with Gasteiger partial charge in [0.1, 0.15) is 10.7 Å². The van der Waals surface area contributed by atoms with Crippen LogP contribution in [0.4, 0.5) is 4.39 Å². The van der Waals surface area contributed by atoms with Crippen molar-refractivity contribution in [1.82, 2.24) is 10.3 Å². The Morgan fingerprint density at radius 3 is 2.48 bits per heavy atom. The molecule has 1 aromatic carbocycles. The lowest BCUT2D eigenvalue weighted by Gasteiger charge is -2.15. The standard InChI is InChI=1S/C16H17FN2O3S/c1-10-4-5-13(9-18-10)16(20)19-11(2)12-6-7-15(14(17)8-12)23(3,21)22/h4-9,11H,1-3H3,(H,19,20)/t11-/m1/s1. The van der Waals surface area contributed by atoms with Gasteiger partial charge in [-0.15, -0.1) is 0 Å². The fraction of sp³-hybridized carbons (Fsp3) is 0.250. The van der Waals surface area contributed by atoms with Gasteiger partial charge in [-0.25, -0.2) is 12.8 Å². The van der Waals surface area contributed by atoms with Crippen LogP contribution in [0.2, 0.25) is 0 Å². The van der Waals surface area contributed by atoms with Crippen molar-refractivity contribution in [2.24, 2.45) is 0 Å². The SMILES string of the molecule is Cc1ccc(C(=O)N[C@H](C)c2ccc(S(C)(=O)=O)c(F)c2)cn1. The number of rotatable bonds is 4. The van der Waals surface area contributed by atoms with Crippen LogP contribution < -0.4 is 5.32 Å². The lowest BCUT2D eigenvalue weighted by molar-refractivity contribution is 0.0939. The third-order valence-electron chi connectivity index (χ3n) is 3.38. The minimum atomic E-state index is -3.62. The average molecular weight is 336 g/mol. The molecule has 1 aromatic heterocycles. The Kier molecular flexibility index (Phi) is 4.79. The normalized spacial score (nSPS) is 12.7. The number of nitrogens with one attached hydrogen (secondary N) is 1. The Balaban J connectivity index is 2.17. The van der Waals surface area contributed by atoms with Crippen molar-refractivity contribution in [3.63, 3.8) is 0 Å². The van der Waals surface area contributed by atoms with Gasteiger partial charge in [0.25, 0.3) is 5.91 Å². The van der Waals surface area contributed by atoms with Crippen LogP contribution in [-0.4, -0.2) is 25.6 Å². The van der Waals surface area contributed by atoms with E-state index in [-0.39, 0.29) is 10.8 Å². The molecular formula is C16H17FN2O3S. The minimum absolute atomic E-state index is 0.336. The molecule has 23 heavy (non-hydrogen) atoms. The highest BCUT2D eigenvalue weighted by Crippen LogP contribution is 2.20. The molecule has 0 unspecified atom stereocenters. The maximum atomic E-state index is 13.9. The summed E-state index contributed by atoms with van der Waals surface area (Å²) in [6.07, 6.45) is 2.41. The second kappa shape index (κ2) is 6.45. The second-order valence-electron chi connectivity index (χ2n) is 5.35. The maximum Gasteiger partial charge on any atom is 0.253 e. The van der Waals surface area contributed by atoms with Crippen LogP contribution in [0.25, 0.3) is 0 Å². The number of amides is 1. The van der Waals surface area contributed by atoms with Crippen LogP contribution in [0.1, 0.15) is 34.6 Å². The number of halogens is 1. The van der Waals surface area contributed by atoms with Crippen molar-refractivity contribution in [2.75, 3.05) is 6.26 Å². The molecule has 0 saturated heterocycles. The summed E-state index contributed by atoms with van der Waals surface area (Å²) < 4.78 is 36.7. The molecule has 0 spiro atoms. The van der Waals surface area contributed by atoms with Gasteiger partial charge in [-0.3, -0.25) is 9.78 Å². The number of nitrogens with zero attached hydrogens (tertiary/aromatic N) is 1. The predicted molar refractivity (Wildman–Crippen MR) is 84.4 cm³/mol. The van der Waals surface area contributed by atoms with E-state index in [0.29, 0.717) is 11.1 Å². The van der Waals surface area contributed by atoms with E-state index in [2.05, 4.69) is 10.3 Å². The zero-order valence-electron chi connectivity index (χ0n) is 13.0. The molecule has 0 aliphatic carbocycles. The van der Waals surface area contributed by atoms with Crippen molar-refractivity contribution in [1.29, 1.82) is 0 Å². The number of aryl methyl sites for hydroxylation is 1. The van der Waals surface area contributed by atoms with E-state index in [9.17, 15) is 17.6 Å². The first-order chi connectivity index (χ1) is 10.7.